The monoisotopic (exact) mass is 301 g/mol. The van der Waals surface area contributed by atoms with Crippen molar-refractivity contribution in [1.29, 1.82) is 0 Å². The highest BCUT2D eigenvalue weighted by Gasteiger charge is 2.33. The largest absolute Gasteiger partial charge is 0.399 e. The highest BCUT2D eigenvalue weighted by atomic mass is 32.2. The van der Waals surface area contributed by atoms with Gasteiger partial charge < -0.3 is 15.6 Å². The number of benzene rings is 1. The number of hydrogen-bond donors (Lipinski definition) is 2. The Morgan fingerprint density at radius 2 is 2.14 bits per heavy atom. The van der Waals surface area contributed by atoms with Gasteiger partial charge in [0.2, 0.25) is 0 Å². The number of nitrogens with two attached hydrogens (primary N) is 1. The molecule has 5 heteroatoms. The molecule has 1 aromatic carbocycles. The van der Waals surface area contributed by atoms with Gasteiger partial charge in [0.1, 0.15) is 0 Å². The second-order valence-electron chi connectivity index (χ2n) is 6.07. The zero-order chi connectivity index (χ0) is 14.6. The lowest BCUT2D eigenvalue weighted by Crippen LogP contribution is -2.24. The Labute approximate surface area is 127 Å². The third kappa shape index (κ3) is 2.11. The number of aromatic nitrogens is 1. The number of aryl methyl sites for hydroxylation is 1. The number of anilines is 2. The Hall–Kier alpha value is -1.62. The van der Waals surface area contributed by atoms with Crippen molar-refractivity contribution in [2.24, 2.45) is 13.0 Å². The van der Waals surface area contributed by atoms with Crippen LogP contribution in [0.25, 0.3) is 10.9 Å². The van der Waals surface area contributed by atoms with Crippen molar-refractivity contribution in [3.63, 3.8) is 0 Å². The van der Waals surface area contributed by atoms with E-state index in [9.17, 15) is 4.79 Å². The first kappa shape index (κ1) is 13.1. The summed E-state index contributed by atoms with van der Waals surface area (Å²) in [6.45, 7) is 0. The first-order valence-electron chi connectivity index (χ1n) is 7.46. The van der Waals surface area contributed by atoms with Gasteiger partial charge in [-0.1, -0.05) is 0 Å². The van der Waals surface area contributed by atoms with Crippen LogP contribution in [0, 0.1) is 5.92 Å². The summed E-state index contributed by atoms with van der Waals surface area (Å²) in [6, 6.07) is 6.28. The molecule has 1 fully saturated rings. The van der Waals surface area contributed by atoms with E-state index in [2.05, 4.69) is 5.32 Å². The molecule has 1 atom stereocenters. The zero-order valence-corrected chi connectivity index (χ0v) is 12.9. The maximum atomic E-state index is 12.6. The number of pyridine rings is 1. The molecule has 2 aromatic rings. The van der Waals surface area contributed by atoms with Crippen LogP contribution >= 0.6 is 11.8 Å². The number of nitrogens with one attached hydrogen (secondary N) is 1. The summed E-state index contributed by atoms with van der Waals surface area (Å²) >= 11 is 1.68. The van der Waals surface area contributed by atoms with E-state index in [1.807, 2.05) is 25.2 Å². The van der Waals surface area contributed by atoms with E-state index in [4.69, 9.17) is 5.73 Å². The SMILES string of the molecule is Cn1c(=O)c2c(c3cc(N)ccc31)NC(C1CC1)CCS2. The fourth-order valence-corrected chi connectivity index (χ4v) is 4.36. The smallest absolute Gasteiger partial charge is 0.266 e. The summed E-state index contributed by atoms with van der Waals surface area (Å²) in [5.41, 5.74) is 8.74. The van der Waals surface area contributed by atoms with Crippen LogP contribution in [0.1, 0.15) is 19.3 Å². The lowest BCUT2D eigenvalue weighted by molar-refractivity contribution is 0.623. The van der Waals surface area contributed by atoms with Crippen molar-refractivity contribution < 1.29 is 0 Å². The van der Waals surface area contributed by atoms with Crippen LogP contribution in [0.15, 0.2) is 27.9 Å². The van der Waals surface area contributed by atoms with E-state index in [1.54, 1.807) is 16.3 Å². The Bertz CT molecular complexity index is 779. The molecule has 0 spiro atoms. The Kier molecular flexibility index (Phi) is 2.92. The standard InChI is InChI=1S/C16H19N3OS/c1-19-13-5-4-10(17)8-11(13)14-15(16(19)20)21-7-6-12(18-14)9-2-3-9/h4-5,8-9,12,18H,2-3,6-7,17H2,1H3. The Morgan fingerprint density at radius 1 is 1.33 bits per heavy atom. The normalized spacial score (nSPS) is 21.7. The summed E-state index contributed by atoms with van der Waals surface area (Å²) in [6.07, 6.45) is 3.74. The minimum absolute atomic E-state index is 0.0937. The van der Waals surface area contributed by atoms with E-state index in [0.717, 1.165) is 45.3 Å². The molecule has 0 bridgehead atoms. The molecular weight excluding hydrogens is 282 g/mol. The van der Waals surface area contributed by atoms with Crippen LogP contribution in [-0.4, -0.2) is 16.4 Å². The Morgan fingerprint density at radius 3 is 2.90 bits per heavy atom. The molecular formula is C16H19N3OS. The summed E-state index contributed by atoms with van der Waals surface area (Å²) in [5, 5.41) is 4.73. The number of rotatable bonds is 1. The molecule has 1 saturated carbocycles. The first-order valence-corrected chi connectivity index (χ1v) is 8.45. The number of fused-ring (bicyclic) bond motifs is 3. The number of hydrogen-bond acceptors (Lipinski definition) is 4. The molecule has 2 heterocycles. The molecule has 0 radical (unpaired) electrons. The van der Waals surface area contributed by atoms with Crippen LogP contribution < -0.4 is 16.6 Å². The fraction of sp³-hybridized carbons (Fsp3) is 0.438. The average Bonchev–Trinajstić information content (AvgIpc) is 3.29. The minimum atomic E-state index is 0.0937. The summed E-state index contributed by atoms with van der Waals surface area (Å²) in [7, 11) is 1.84. The molecule has 1 unspecified atom stereocenters. The predicted molar refractivity (Wildman–Crippen MR) is 89.1 cm³/mol. The zero-order valence-electron chi connectivity index (χ0n) is 12.1. The third-order valence-corrected chi connectivity index (χ3v) is 5.68. The number of nitrogens with zero attached hydrogens (tertiary/aromatic N) is 1. The van der Waals surface area contributed by atoms with Crippen LogP contribution in [0.5, 0.6) is 0 Å². The second-order valence-corrected chi connectivity index (χ2v) is 7.18. The molecule has 0 saturated heterocycles. The van der Waals surface area contributed by atoms with E-state index in [1.165, 1.54) is 12.8 Å². The molecule has 1 aromatic heterocycles. The second kappa shape index (κ2) is 4.70. The van der Waals surface area contributed by atoms with Gasteiger partial charge in [0.15, 0.2) is 0 Å². The van der Waals surface area contributed by atoms with Gasteiger partial charge in [-0.3, -0.25) is 4.79 Å². The number of thioether (sulfide) groups is 1. The van der Waals surface area contributed by atoms with E-state index in [-0.39, 0.29) is 5.56 Å². The van der Waals surface area contributed by atoms with Gasteiger partial charge in [-0.15, -0.1) is 11.8 Å². The third-order valence-electron chi connectivity index (χ3n) is 4.57. The van der Waals surface area contributed by atoms with Crippen LogP contribution in [-0.2, 0) is 7.05 Å². The first-order chi connectivity index (χ1) is 10.1. The molecule has 1 aliphatic heterocycles. The van der Waals surface area contributed by atoms with Crippen LogP contribution in [0.3, 0.4) is 0 Å². The van der Waals surface area contributed by atoms with E-state index in [0.29, 0.717) is 6.04 Å². The van der Waals surface area contributed by atoms with Gasteiger partial charge in [0.05, 0.1) is 16.1 Å². The molecule has 110 valence electrons. The van der Waals surface area contributed by atoms with Crippen molar-refractivity contribution in [2.45, 2.75) is 30.2 Å². The van der Waals surface area contributed by atoms with Crippen LogP contribution in [0.4, 0.5) is 11.4 Å². The summed E-state index contributed by atoms with van der Waals surface area (Å²) in [4.78, 5) is 13.5. The Balaban J connectivity index is 1.98. The van der Waals surface area contributed by atoms with Gasteiger partial charge in [0.25, 0.3) is 5.56 Å². The highest BCUT2D eigenvalue weighted by molar-refractivity contribution is 7.99. The van der Waals surface area contributed by atoms with E-state index >= 15 is 0 Å². The van der Waals surface area contributed by atoms with Crippen molar-refractivity contribution in [3.05, 3.63) is 28.6 Å². The average molecular weight is 301 g/mol. The highest BCUT2D eigenvalue weighted by Crippen LogP contribution is 2.42. The lowest BCUT2D eigenvalue weighted by atomic mass is 10.1. The molecule has 1 aliphatic carbocycles. The predicted octanol–water partition coefficient (Wildman–Crippen LogP) is 2.81. The molecule has 4 rings (SSSR count). The summed E-state index contributed by atoms with van der Waals surface area (Å²) in [5.74, 6) is 1.78. The molecule has 3 N–H and O–H groups in total. The van der Waals surface area contributed by atoms with Gasteiger partial charge in [-0.05, 0) is 43.4 Å². The van der Waals surface area contributed by atoms with Crippen molar-refractivity contribution in [2.75, 3.05) is 16.8 Å². The maximum absolute atomic E-state index is 12.6. The molecule has 21 heavy (non-hydrogen) atoms. The molecule has 0 amide bonds. The van der Waals surface area contributed by atoms with Crippen molar-refractivity contribution in [3.8, 4) is 0 Å². The summed E-state index contributed by atoms with van der Waals surface area (Å²) < 4.78 is 1.74. The van der Waals surface area contributed by atoms with Crippen molar-refractivity contribution >= 4 is 34.0 Å². The van der Waals surface area contributed by atoms with Gasteiger partial charge in [0, 0.05) is 29.9 Å². The molecule has 2 aliphatic rings. The van der Waals surface area contributed by atoms with Crippen molar-refractivity contribution in [1.82, 2.24) is 4.57 Å². The minimum Gasteiger partial charge on any atom is -0.399 e. The molecule has 4 nitrogen and oxygen atoms in total. The fourth-order valence-electron chi connectivity index (χ4n) is 3.21. The topological polar surface area (TPSA) is 60.0 Å². The quantitative estimate of drug-likeness (QED) is 0.795. The van der Waals surface area contributed by atoms with Crippen LogP contribution in [0.2, 0.25) is 0 Å². The van der Waals surface area contributed by atoms with Gasteiger partial charge >= 0.3 is 0 Å². The van der Waals surface area contributed by atoms with Gasteiger partial charge in [-0.2, -0.15) is 0 Å². The lowest BCUT2D eigenvalue weighted by Gasteiger charge is -2.19. The van der Waals surface area contributed by atoms with E-state index < -0.39 is 0 Å². The maximum Gasteiger partial charge on any atom is 0.266 e. The number of nitrogen functional groups attached to an aromatic ring is 1. The van der Waals surface area contributed by atoms with Gasteiger partial charge in [-0.25, -0.2) is 0 Å².